The van der Waals surface area contributed by atoms with Gasteiger partial charge in [-0.15, -0.1) is 11.6 Å². The molecule has 3 atom stereocenters. The summed E-state index contributed by atoms with van der Waals surface area (Å²) in [5.41, 5.74) is 2.88. The first-order valence-electron chi connectivity index (χ1n) is 8.78. The zero-order valence-electron chi connectivity index (χ0n) is 14.7. The van der Waals surface area contributed by atoms with Crippen LogP contribution in [0.5, 0.6) is 0 Å². The molecular weight excluding hydrogens is 386 g/mol. The lowest BCUT2D eigenvalue weighted by Gasteiger charge is -2.19. The second-order valence-electron chi connectivity index (χ2n) is 6.43. The topological polar surface area (TPSA) is 90.5 Å². The molecule has 1 aliphatic carbocycles. The van der Waals surface area contributed by atoms with Crippen molar-refractivity contribution in [2.24, 2.45) is 0 Å². The summed E-state index contributed by atoms with van der Waals surface area (Å²) in [6.07, 6.45) is 6.70. The van der Waals surface area contributed by atoms with Crippen molar-refractivity contribution >= 4 is 40.2 Å². The molecule has 144 valence electrons. The number of alkyl halides is 1. The molecule has 1 heterocycles. The first-order chi connectivity index (χ1) is 13.0. The molecule has 0 radical (unpaired) electrons. The number of carbonyl (C=O) groups excluding carboxylic acids is 2. The number of thioether (sulfide) groups is 1. The van der Waals surface area contributed by atoms with Crippen molar-refractivity contribution < 1.29 is 14.7 Å². The van der Waals surface area contributed by atoms with Crippen LogP contribution in [0.4, 0.5) is 10.5 Å². The number of rotatable bonds is 8. The third-order valence-corrected chi connectivity index (χ3v) is 5.54. The molecule has 2 aliphatic rings. The minimum absolute atomic E-state index is 0.0430. The predicted octanol–water partition coefficient (Wildman–Crippen LogP) is 2.39. The van der Waals surface area contributed by atoms with Gasteiger partial charge in [-0.2, -0.15) is 0 Å². The molecule has 3 unspecified atom stereocenters. The summed E-state index contributed by atoms with van der Waals surface area (Å²) in [7, 11) is 0. The molecule has 0 bridgehead atoms. The number of aliphatic hydroxyl groups is 1. The van der Waals surface area contributed by atoms with Crippen LogP contribution in [0.25, 0.3) is 0 Å². The van der Waals surface area contributed by atoms with Gasteiger partial charge in [-0.3, -0.25) is 14.9 Å². The van der Waals surface area contributed by atoms with Crippen LogP contribution in [-0.4, -0.2) is 46.2 Å². The van der Waals surface area contributed by atoms with E-state index in [1.165, 1.54) is 0 Å². The molecule has 1 saturated heterocycles. The number of hydrogen-bond acceptors (Lipinski definition) is 6. The predicted molar refractivity (Wildman–Crippen MR) is 109 cm³/mol. The van der Waals surface area contributed by atoms with Crippen molar-refractivity contribution in [1.29, 1.82) is 0 Å². The van der Waals surface area contributed by atoms with Gasteiger partial charge in [0.15, 0.2) is 5.37 Å². The monoisotopic (exact) mass is 407 g/mol. The fourth-order valence-corrected chi connectivity index (χ4v) is 3.88. The number of benzene rings is 1. The second-order valence-corrected chi connectivity index (χ2v) is 8.07. The van der Waals surface area contributed by atoms with E-state index in [0.717, 1.165) is 41.6 Å². The van der Waals surface area contributed by atoms with Crippen molar-refractivity contribution in [3.63, 3.8) is 0 Å². The fraction of sp³-hybridized carbons (Fsp3) is 0.368. The zero-order valence-corrected chi connectivity index (χ0v) is 16.2. The zero-order chi connectivity index (χ0) is 19.2. The van der Waals surface area contributed by atoms with E-state index >= 15 is 0 Å². The van der Waals surface area contributed by atoms with Gasteiger partial charge in [-0.05, 0) is 54.4 Å². The van der Waals surface area contributed by atoms with Crippen LogP contribution in [0, 0.1) is 0 Å². The minimum Gasteiger partial charge on any atom is -0.387 e. The molecule has 1 fully saturated rings. The average Bonchev–Trinajstić information content (AvgIpc) is 2.97. The first kappa shape index (κ1) is 19.9. The van der Waals surface area contributed by atoms with Crippen molar-refractivity contribution in [3.05, 3.63) is 53.6 Å². The average molecular weight is 408 g/mol. The maximum atomic E-state index is 11.6. The van der Waals surface area contributed by atoms with Gasteiger partial charge in [0.2, 0.25) is 0 Å². The van der Waals surface area contributed by atoms with Crippen molar-refractivity contribution in [2.75, 3.05) is 18.4 Å². The van der Waals surface area contributed by atoms with E-state index in [2.05, 4.69) is 16.0 Å². The van der Waals surface area contributed by atoms with Gasteiger partial charge < -0.3 is 15.7 Å². The van der Waals surface area contributed by atoms with Gasteiger partial charge in [0, 0.05) is 12.2 Å². The standard InChI is InChI=1S/C19H22ClN3O3S/c20-14-3-1-2-13(10-14)16(24)11-21-9-8-12-4-6-15(7-5-12)22-18-17(25)23-19(26)27-18/h1-7,14,16,18,21-22,24H,8-11H2,(H,23,25,26). The summed E-state index contributed by atoms with van der Waals surface area (Å²) < 4.78 is 0. The van der Waals surface area contributed by atoms with E-state index in [1.807, 2.05) is 42.5 Å². The Kier molecular flexibility index (Phi) is 6.95. The van der Waals surface area contributed by atoms with Crippen LogP contribution in [0.15, 0.2) is 48.1 Å². The van der Waals surface area contributed by atoms with Gasteiger partial charge in [0.1, 0.15) is 0 Å². The summed E-state index contributed by atoms with van der Waals surface area (Å²) in [6, 6.07) is 7.74. The molecule has 3 rings (SSSR count). The van der Waals surface area contributed by atoms with Crippen LogP contribution >= 0.6 is 23.4 Å². The van der Waals surface area contributed by atoms with E-state index in [9.17, 15) is 14.7 Å². The van der Waals surface area contributed by atoms with Crippen LogP contribution in [0.3, 0.4) is 0 Å². The van der Waals surface area contributed by atoms with Crippen LogP contribution < -0.4 is 16.0 Å². The Morgan fingerprint density at radius 3 is 2.74 bits per heavy atom. The van der Waals surface area contributed by atoms with Gasteiger partial charge in [0.25, 0.3) is 11.1 Å². The van der Waals surface area contributed by atoms with E-state index in [4.69, 9.17) is 11.6 Å². The van der Waals surface area contributed by atoms with Crippen molar-refractivity contribution in [1.82, 2.24) is 10.6 Å². The van der Waals surface area contributed by atoms with Gasteiger partial charge in [0.05, 0.1) is 11.5 Å². The molecular formula is C19H22ClN3O3S. The number of hydrogen-bond donors (Lipinski definition) is 4. The molecule has 0 aromatic heterocycles. The fourth-order valence-electron chi connectivity index (χ4n) is 2.88. The molecule has 27 heavy (non-hydrogen) atoms. The summed E-state index contributed by atoms with van der Waals surface area (Å²) >= 11 is 7.02. The van der Waals surface area contributed by atoms with Crippen molar-refractivity contribution in [2.45, 2.75) is 29.7 Å². The van der Waals surface area contributed by atoms with Gasteiger partial charge in [-0.1, -0.05) is 30.4 Å². The maximum Gasteiger partial charge on any atom is 0.288 e. The Hall–Kier alpha value is -1.80. The van der Waals surface area contributed by atoms with Gasteiger partial charge >= 0.3 is 0 Å². The third-order valence-electron chi connectivity index (χ3n) is 4.36. The number of imide groups is 1. The summed E-state index contributed by atoms with van der Waals surface area (Å²) in [6.45, 7) is 1.23. The summed E-state index contributed by atoms with van der Waals surface area (Å²) in [5.74, 6) is -0.319. The largest absolute Gasteiger partial charge is 0.387 e. The number of nitrogens with one attached hydrogen (secondary N) is 3. The normalized spacial score (nSPS) is 23.1. The Morgan fingerprint density at radius 2 is 2.07 bits per heavy atom. The Bertz CT molecular complexity index is 751. The smallest absolute Gasteiger partial charge is 0.288 e. The lowest BCUT2D eigenvalue weighted by Crippen LogP contribution is -2.30. The third kappa shape index (κ3) is 5.84. The number of carbonyl (C=O) groups is 2. The molecule has 4 N–H and O–H groups in total. The Morgan fingerprint density at radius 1 is 1.30 bits per heavy atom. The summed E-state index contributed by atoms with van der Waals surface area (Å²) in [4.78, 5) is 22.7. The number of halogens is 1. The van der Waals surface area contributed by atoms with E-state index in [-0.39, 0.29) is 16.5 Å². The highest BCUT2D eigenvalue weighted by Gasteiger charge is 2.31. The molecule has 0 saturated carbocycles. The molecule has 1 aliphatic heterocycles. The lowest BCUT2D eigenvalue weighted by atomic mass is 9.99. The highest BCUT2D eigenvalue weighted by molar-refractivity contribution is 8.15. The molecule has 0 spiro atoms. The lowest BCUT2D eigenvalue weighted by molar-refractivity contribution is -0.118. The molecule has 6 nitrogen and oxygen atoms in total. The SMILES string of the molecule is O=C1NC(=O)C(Nc2ccc(CCNCC(O)C3=CC=CC(Cl)C3)cc2)S1. The minimum atomic E-state index is -0.581. The summed E-state index contributed by atoms with van der Waals surface area (Å²) in [5, 5.41) is 17.8. The number of amides is 2. The van der Waals surface area contributed by atoms with Crippen LogP contribution in [-0.2, 0) is 11.2 Å². The van der Waals surface area contributed by atoms with Crippen molar-refractivity contribution in [3.8, 4) is 0 Å². The first-order valence-corrected chi connectivity index (χ1v) is 10.1. The molecule has 2 amide bonds. The number of anilines is 1. The highest BCUT2D eigenvalue weighted by Crippen LogP contribution is 2.22. The number of allylic oxidation sites excluding steroid dienone is 3. The van der Waals surface area contributed by atoms with E-state index < -0.39 is 11.5 Å². The van der Waals surface area contributed by atoms with Gasteiger partial charge in [-0.25, -0.2) is 0 Å². The molecule has 1 aromatic rings. The highest BCUT2D eigenvalue weighted by atomic mass is 35.5. The number of aliphatic hydroxyl groups excluding tert-OH is 1. The Labute approximate surface area is 167 Å². The van der Waals surface area contributed by atoms with Crippen LogP contribution in [0.2, 0.25) is 0 Å². The second kappa shape index (κ2) is 9.41. The maximum absolute atomic E-state index is 11.6. The molecule has 1 aromatic carbocycles. The van der Waals surface area contributed by atoms with E-state index in [0.29, 0.717) is 13.0 Å². The van der Waals surface area contributed by atoms with Crippen LogP contribution in [0.1, 0.15) is 12.0 Å². The Balaban J connectivity index is 1.39. The quantitative estimate of drug-likeness (QED) is 0.391. The van der Waals surface area contributed by atoms with E-state index in [1.54, 1.807) is 0 Å². The molecule has 8 heteroatoms.